The molecule has 2 fully saturated rings. The van der Waals surface area contributed by atoms with Crippen molar-refractivity contribution in [3.8, 4) is 0 Å². The number of likely N-dealkylation sites (tertiary alicyclic amines) is 2. The maximum absolute atomic E-state index is 12.7. The van der Waals surface area contributed by atoms with E-state index in [1.165, 1.54) is 0 Å². The van der Waals surface area contributed by atoms with Crippen LogP contribution in [0.15, 0.2) is 6.33 Å². The number of aryl methyl sites for hydroxylation is 2. The van der Waals surface area contributed by atoms with Crippen LogP contribution in [0.1, 0.15) is 57.7 Å². The van der Waals surface area contributed by atoms with Gasteiger partial charge in [-0.1, -0.05) is 13.3 Å². The lowest BCUT2D eigenvalue weighted by Gasteiger charge is -2.48. The van der Waals surface area contributed by atoms with Crippen LogP contribution in [0.3, 0.4) is 0 Å². The monoisotopic (exact) mass is 361 g/mol. The van der Waals surface area contributed by atoms with Crippen molar-refractivity contribution in [2.75, 3.05) is 26.2 Å². The molecule has 1 spiro atoms. The molecule has 0 N–H and O–H groups in total. The summed E-state index contributed by atoms with van der Waals surface area (Å²) >= 11 is 0. The number of nitrogens with zero attached hydrogens (tertiary/aromatic N) is 5. The van der Waals surface area contributed by atoms with Gasteiger partial charge in [-0.05, 0) is 25.7 Å². The van der Waals surface area contributed by atoms with E-state index in [0.29, 0.717) is 19.3 Å². The van der Waals surface area contributed by atoms with Gasteiger partial charge in [-0.15, -0.1) is 10.2 Å². The van der Waals surface area contributed by atoms with E-state index in [4.69, 9.17) is 0 Å². The minimum absolute atomic E-state index is 0.0976. The summed E-state index contributed by atoms with van der Waals surface area (Å²) in [6.07, 6.45) is 8.62. The van der Waals surface area contributed by atoms with Crippen molar-refractivity contribution in [2.45, 2.75) is 58.3 Å². The maximum atomic E-state index is 12.7. The van der Waals surface area contributed by atoms with Gasteiger partial charge in [0.05, 0.1) is 0 Å². The van der Waals surface area contributed by atoms with E-state index in [0.717, 1.165) is 64.1 Å². The molecule has 26 heavy (non-hydrogen) atoms. The normalized spacial score (nSPS) is 23.7. The number of hydrogen-bond acceptors (Lipinski definition) is 4. The van der Waals surface area contributed by atoms with Gasteiger partial charge < -0.3 is 14.4 Å². The van der Waals surface area contributed by atoms with Crippen molar-refractivity contribution in [1.29, 1.82) is 0 Å². The largest absolute Gasteiger partial charge is 0.342 e. The Balaban J connectivity index is 1.58. The van der Waals surface area contributed by atoms with Crippen LogP contribution in [0.2, 0.25) is 0 Å². The molecular formula is C19H31N5O2. The minimum atomic E-state index is 0.0976. The lowest BCUT2D eigenvalue weighted by molar-refractivity contribution is -0.143. The highest BCUT2D eigenvalue weighted by molar-refractivity contribution is 5.78. The van der Waals surface area contributed by atoms with E-state index in [1.54, 1.807) is 6.33 Å². The summed E-state index contributed by atoms with van der Waals surface area (Å²) in [4.78, 5) is 29.0. The summed E-state index contributed by atoms with van der Waals surface area (Å²) in [7, 11) is 1.90. The number of hydrogen-bond donors (Lipinski definition) is 0. The lowest BCUT2D eigenvalue weighted by Crippen LogP contribution is -2.55. The third-order valence-electron chi connectivity index (χ3n) is 5.91. The zero-order chi connectivity index (χ0) is 18.6. The number of carbonyl (C=O) groups excluding carboxylic acids is 2. The fraction of sp³-hybridized carbons (Fsp3) is 0.789. The van der Waals surface area contributed by atoms with Crippen molar-refractivity contribution in [3.63, 3.8) is 0 Å². The van der Waals surface area contributed by atoms with Gasteiger partial charge >= 0.3 is 0 Å². The predicted molar refractivity (Wildman–Crippen MR) is 98.3 cm³/mol. The summed E-state index contributed by atoms with van der Waals surface area (Å²) < 4.78 is 1.86. The summed E-state index contributed by atoms with van der Waals surface area (Å²) in [6, 6.07) is 0. The summed E-state index contributed by atoms with van der Waals surface area (Å²) in [5.41, 5.74) is 0.0976. The Bertz CT molecular complexity index is 644. The average molecular weight is 361 g/mol. The molecule has 1 aromatic heterocycles. The number of piperidine rings is 2. The SMILES string of the molecule is CCCCN1C[C@@]2(CCCN(C(=O)CCc3nncn3C)C2)CCC1=O. The first-order valence-corrected chi connectivity index (χ1v) is 9.91. The third-order valence-corrected chi connectivity index (χ3v) is 5.91. The molecule has 0 aromatic carbocycles. The quantitative estimate of drug-likeness (QED) is 0.774. The molecule has 0 bridgehead atoms. The summed E-state index contributed by atoms with van der Waals surface area (Å²) in [5, 5.41) is 7.93. The zero-order valence-electron chi connectivity index (χ0n) is 16.1. The molecule has 0 saturated carbocycles. The molecule has 144 valence electrons. The Kier molecular flexibility index (Phi) is 5.94. The van der Waals surface area contributed by atoms with Crippen LogP contribution in [0, 0.1) is 5.41 Å². The number of rotatable bonds is 6. The van der Waals surface area contributed by atoms with Crippen LogP contribution in [-0.2, 0) is 23.1 Å². The van der Waals surface area contributed by atoms with E-state index in [9.17, 15) is 9.59 Å². The fourth-order valence-corrected chi connectivity index (χ4v) is 4.32. The first-order valence-electron chi connectivity index (χ1n) is 9.91. The van der Waals surface area contributed by atoms with Gasteiger partial charge in [0.1, 0.15) is 12.2 Å². The van der Waals surface area contributed by atoms with Crippen molar-refractivity contribution in [2.24, 2.45) is 12.5 Å². The van der Waals surface area contributed by atoms with Crippen LogP contribution in [0.5, 0.6) is 0 Å². The number of amides is 2. The molecule has 2 aliphatic heterocycles. The molecule has 3 heterocycles. The smallest absolute Gasteiger partial charge is 0.223 e. The number of carbonyl (C=O) groups is 2. The van der Waals surface area contributed by atoms with Crippen molar-refractivity contribution in [3.05, 3.63) is 12.2 Å². The highest BCUT2D eigenvalue weighted by Crippen LogP contribution is 2.39. The van der Waals surface area contributed by atoms with E-state index in [2.05, 4.69) is 17.1 Å². The molecule has 3 rings (SSSR count). The molecule has 7 heteroatoms. The minimum Gasteiger partial charge on any atom is -0.342 e. The van der Waals surface area contributed by atoms with Crippen molar-refractivity contribution < 1.29 is 9.59 Å². The van der Waals surface area contributed by atoms with E-state index in [1.807, 2.05) is 21.4 Å². The lowest BCUT2D eigenvalue weighted by atomic mass is 9.73. The molecule has 2 aliphatic rings. The molecule has 2 saturated heterocycles. The van der Waals surface area contributed by atoms with Gasteiger partial charge in [0.15, 0.2) is 0 Å². The first-order chi connectivity index (χ1) is 12.5. The average Bonchev–Trinajstić information content (AvgIpc) is 3.06. The van der Waals surface area contributed by atoms with Gasteiger partial charge in [-0.25, -0.2) is 0 Å². The number of aromatic nitrogens is 3. The van der Waals surface area contributed by atoms with E-state index < -0.39 is 0 Å². The topological polar surface area (TPSA) is 71.3 Å². The van der Waals surface area contributed by atoms with Crippen molar-refractivity contribution >= 4 is 11.8 Å². The second kappa shape index (κ2) is 8.18. The van der Waals surface area contributed by atoms with Crippen LogP contribution >= 0.6 is 0 Å². The highest BCUT2D eigenvalue weighted by atomic mass is 16.2. The zero-order valence-corrected chi connectivity index (χ0v) is 16.1. The predicted octanol–water partition coefficient (Wildman–Crippen LogP) is 1.78. The Morgan fingerprint density at radius 3 is 2.88 bits per heavy atom. The fourth-order valence-electron chi connectivity index (χ4n) is 4.32. The molecule has 0 unspecified atom stereocenters. The molecule has 0 radical (unpaired) electrons. The van der Waals surface area contributed by atoms with Crippen LogP contribution in [-0.4, -0.2) is 62.6 Å². The van der Waals surface area contributed by atoms with E-state index in [-0.39, 0.29) is 17.2 Å². The third kappa shape index (κ3) is 4.24. The van der Waals surface area contributed by atoms with Gasteiger partial charge in [-0.3, -0.25) is 9.59 Å². The van der Waals surface area contributed by atoms with E-state index >= 15 is 0 Å². The van der Waals surface area contributed by atoms with Gasteiger partial charge in [-0.2, -0.15) is 0 Å². The highest BCUT2D eigenvalue weighted by Gasteiger charge is 2.42. The van der Waals surface area contributed by atoms with Crippen LogP contribution in [0.4, 0.5) is 0 Å². The molecule has 0 aliphatic carbocycles. The van der Waals surface area contributed by atoms with Crippen LogP contribution < -0.4 is 0 Å². The number of unbranched alkanes of at least 4 members (excludes halogenated alkanes) is 1. The first kappa shape index (κ1) is 18.9. The standard InChI is InChI=1S/C19H31N5O2/c1-3-4-11-23-13-19(10-8-18(23)26)9-5-12-24(14-19)17(25)7-6-16-21-20-15-22(16)2/h15H,3-14H2,1-2H3/t19-/m1/s1. The maximum Gasteiger partial charge on any atom is 0.223 e. The Hall–Kier alpha value is -1.92. The van der Waals surface area contributed by atoms with Gasteiger partial charge in [0.25, 0.3) is 0 Å². The Morgan fingerprint density at radius 1 is 1.31 bits per heavy atom. The summed E-state index contributed by atoms with van der Waals surface area (Å²) in [6.45, 7) is 5.46. The van der Waals surface area contributed by atoms with Gasteiger partial charge in [0.2, 0.25) is 11.8 Å². The molecule has 7 nitrogen and oxygen atoms in total. The Morgan fingerprint density at radius 2 is 2.15 bits per heavy atom. The molecular weight excluding hydrogens is 330 g/mol. The van der Waals surface area contributed by atoms with Gasteiger partial charge in [0, 0.05) is 57.9 Å². The van der Waals surface area contributed by atoms with Crippen molar-refractivity contribution in [1.82, 2.24) is 24.6 Å². The second-order valence-corrected chi connectivity index (χ2v) is 7.95. The van der Waals surface area contributed by atoms with Crippen LogP contribution in [0.25, 0.3) is 0 Å². The second-order valence-electron chi connectivity index (χ2n) is 7.95. The molecule has 2 amide bonds. The molecule has 1 aromatic rings. The summed E-state index contributed by atoms with van der Waals surface area (Å²) in [5.74, 6) is 1.33. The Labute approximate surface area is 155 Å². The molecule has 1 atom stereocenters.